The summed E-state index contributed by atoms with van der Waals surface area (Å²) in [5.74, 6) is 0.252. The van der Waals surface area contributed by atoms with Crippen molar-refractivity contribution in [3.8, 4) is 11.1 Å². The largest absolute Gasteiger partial charge is 0.364 e. The maximum atomic E-state index is 4.38. The van der Waals surface area contributed by atoms with E-state index in [2.05, 4.69) is 121 Å². The van der Waals surface area contributed by atoms with Gasteiger partial charge in [0.2, 0.25) is 0 Å². The quantitative estimate of drug-likeness (QED) is 0.274. The highest BCUT2D eigenvalue weighted by molar-refractivity contribution is 6.09. The lowest BCUT2D eigenvalue weighted by atomic mass is 9.73. The molecule has 3 atom stereocenters. The predicted octanol–water partition coefficient (Wildman–Crippen LogP) is 7.83. The smallest absolute Gasteiger partial charge is 0.0970 e. The molecule has 4 aromatic rings. The Kier molecular flexibility index (Phi) is 3.78. The molecule has 1 N–H and O–H groups in total. The molecule has 0 amide bonds. The number of hydrogen-bond acceptors (Lipinski definition) is 3. The highest BCUT2D eigenvalue weighted by Gasteiger charge is 2.53. The molecule has 2 bridgehead atoms. The van der Waals surface area contributed by atoms with Gasteiger partial charge in [-0.1, -0.05) is 72.8 Å². The molecule has 9 rings (SSSR count). The van der Waals surface area contributed by atoms with E-state index in [1.807, 2.05) is 0 Å². The average molecular weight is 466 g/mol. The van der Waals surface area contributed by atoms with E-state index in [1.54, 1.807) is 0 Å². The van der Waals surface area contributed by atoms with Crippen LogP contribution in [0, 0.1) is 0 Å². The third kappa shape index (κ3) is 2.36. The summed E-state index contributed by atoms with van der Waals surface area (Å²) in [6, 6.07) is 24.8. The number of nitrogens with one attached hydrogen (secondary N) is 1. The summed E-state index contributed by atoms with van der Waals surface area (Å²) < 4.78 is 0. The minimum Gasteiger partial charge on any atom is -0.364 e. The minimum atomic E-state index is -0.204. The van der Waals surface area contributed by atoms with Gasteiger partial charge in [-0.3, -0.25) is 4.99 Å². The topological polar surface area (TPSA) is 27.6 Å². The molecule has 4 aliphatic carbocycles. The fraction of sp³-hybridized carbons (Fsp3) is 0.182. The fourth-order valence-electron chi connectivity index (χ4n) is 7.42. The number of nitrogens with zero attached hydrogens (tertiary/aromatic N) is 2. The molecule has 174 valence electrons. The Morgan fingerprint density at radius 3 is 2.67 bits per heavy atom. The van der Waals surface area contributed by atoms with Gasteiger partial charge < -0.3 is 10.2 Å². The van der Waals surface area contributed by atoms with E-state index in [9.17, 15) is 0 Å². The van der Waals surface area contributed by atoms with Crippen molar-refractivity contribution in [1.29, 1.82) is 0 Å². The van der Waals surface area contributed by atoms with Gasteiger partial charge in [-0.2, -0.15) is 0 Å². The Hall–Kier alpha value is -4.11. The minimum absolute atomic E-state index is 0.0590. The van der Waals surface area contributed by atoms with Gasteiger partial charge in [0.15, 0.2) is 0 Å². The molecule has 3 unspecified atom stereocenters. The molecule has 0 fully saturated rings. The number of aliphatic imine (C=N–C) groups is 1. The molecular weight excluding hydrogens is 438 g/mol. The van der Waals surface area contributed by atoms with E-state index in [1.165, 1.54) is 55.4 Å². The first-order valence-electron chi connectivity index (χ1n) is 12.8. The second-order valence-corrected chi connectivity index (χ2v) is 10.8. The Bertz CT molecular complexity index is 1710. The highest BCUT2D eigenvalue weighted by atomic mass is 15.3. The third-order valence-electron chi connectivity index (χ3n) is 8.82. The standard InChI is InChI=1S/C33H27N3/c1-19(35-27-18-20-16-22(17-20)32(27)34-3)36-28-14-13-21-8-6-11-25-23-9-4-5-10-24(23)26-12-7-15-33(36,2)31(26)30(28)29(21)25/h4-16,18-19,31,35H,3,17H2,1-2H3. The molecule has 3 nitrogen and oxygen atoms in total. The van der Waals surface area contributed by atoms with Crippen LogP contribution in [0.5, 0.6) is 0 Å². The first-order chi connectivity index (χ1) is 17.6. The van der Waals surface area contributed by atoms with Gasteiger partial charge in [0.05, 0.1) is 23.1 Å². The summed E-state index contributed by atoms with van der Waals surface area (Å²) in [5, 5.41) is 6.54. The van der Waals surface area contributed by atoms with Crippen LogP contribution in [-0.2, 0) is 6.42 Å². The van der Waals surface area contributed by atoms with Crippen molar-refractivity contribution in [2.45, 2.75) is 37.9 Å². The Balaban J connectivity index is 1.37. The predicted molar refractivity (Wildman–Crippen MR) is 152 cm³/mol. The number of allylic oxidation sites excluding steroid dienone is 2. The van der Waals surface area contributed by atoms with Gasteiger partial charge in [-0.25, -0.2) is 0 Å². The van der Waals surface area contributed by atoms with Crippen LogP contribution >= 0.6 is 0 Å². The van der Waals surface area contributed by atoms with Gasteiger partial charge in [-0.05, 0) is 88.8 Å². The normalized spacial score (nSPS) is 22.4. The molecule has 5 aliphatic rings. The highest BCUT2D eigenvalue weighted by Crippen LogP contribution is 2.61. The lowest BCUT2D eigenvalue weighted by molar-refractivity contribution is 0.477. The summed E-state index contributed by atoms with van der Waals surface area (Å²) in [4.78, 5) is 6.98. The Labute approximate surface area is 211 Å². The summed E-state index contributed by atoms with van der Waals surface area (Å²) >= 11 is 0. The first kappa shape index (κ1) is 20.1. The van der Waals surface area contributed by atoms with Crippen molar-refractivity contribution in [2.75, 3.05) is 10.2 Å². The van der Waals surface area contributed by atoms with E-state index in [4.69, 9.17) is 0 Å². The number of fused-ring (bicyclic) bond motifs is 5. The maximum Gasteiger partial charge on any atom is 0.0970 e. The summed E-state index contributed by atoms with van der Waals surface area (Å²) in [6.07, 6.45) is 8.08. The third-order valence-corrected chi connectivity index (χ3v) is 8.82. The van der Waals surface area contributed by atoms with Gasteiger partial charge in [0.25, 0.3) is 0 Å². The van der Waals surface area contributed by atoms with Crippen LogP contribution in [0.4, 0.5) is 17.1 Å². The lowest BCUT2D eigenvalue weighted by Gasteiger charge is -2.45. The molecule has 36 heavy (non-hydrogen) atoms. The second kappa shape index (κ2) is 6.76. The molecule has 1 aliphatic heterocycles. The van der Waals surface area contributed by atoms with Crippen LogP contribution in [0.1, 0.15) is 42.0 Å². The fourth-order valence-corrected chi connectivity index (χ4v) is 7.42. The molecule has 0 aromatic heterocycles. The van der Waals surface area contributed by atoms with Crippen molar-refractivity contribution in [3.63, 3.8) is 0 Å². The molecule has 0 saturated carbocycles. The zero-order valence-electron chi connectivity index (χ0n) is 20.5. The van der Waals surface area contributed by atoms with Crippen molar-refractivity contribution in [3.05, 3.63) is 107 Å². The van der Waals surface area contributed by atoms with E-state index in [-0.39, 0.29) is 17.6 Å². The van der Waals surface area contributed by atoms with Gasteiger partial charge >= 0.3 is 0 Å². The first-order valence-corrected chi connectivity index (χ1v) is 12.8. The van der Waals surface area contributed by atoms with Crippen molar-refractivity contribution in [2.24, 2.45) is 4.99 Å². The number of anilines is 2. The number of benzene rings is 4. The van der Waals surface area contributed by atoms with Crippen molar-refractivity contribution in [1.82, 2.24) is 0 Å². The van der Waals surface area contributed by atoms with Crippen LogP contribution in [0.3, 0.4) is 0 Å². The number of rotatable bonds is 4. The summed E-state index contributed by atoms with van der Waals surface area (Å²) in [7, 11) is 0. The van der Waals surface area contributed by atoms with E-state index in [0.717, 1.165) is 17.8 Å². The Morgan fingerprint density at radius 2 is 1.83 bits per heavy atom. The SMILES string of the molecule is C=Nc1c2cc(cc1NC(C)N1c3ccc4cccc5c4c3C3C(=CC=CC31C)c1ccccc1-5)C2. The van der Waals surface area contributed by atoms with Crippen LogP contribution in [0.25, 0.3) is 27.5 Å². The van der Waals surface area contributed by atoms with Crippen molar-refractivity contribution >= 4 is 40.1 Å². The van der Waals surface area contributed by atoms with E-state index in [0.29, 0.717) is 0 Å². The molecule has 4 aromatic carbocycles. The molecule has 0 spiro atoms. The molecule has 3 heteroatoms. The molecule has 0 radical (unpaired) electrons. The van der Waals surface area contributed by atoms with Gasteiger partial charge in [0.1, 0.15) is 0 Å². The van der Waals surface area contributed by atoms with Crippen LogP contribution in [0.2, 0.25) is 0 Å². The molecule has 0 saturated heterocycles. The summed E-state index contributed by atoms with van der Waals surface area (Å²) in [6.45, 7) is 8.54. The van der Waals surface area contributed by atoms with E-state index < -0.39 is 0 Å². The summed E-state index contributed by atoms with van der Waals surface area (Å²) in [5.41, 5.74) is 12.7. The second-order valence-electron chi connectivity index (χ2n) is 10.8. The lowest BCUT2D eigenvalue weighted by Crippen LogP contribution is -2.52. The van der Waals surface area contributed by atoms with Crippen LogP contribution < -0.4 is 10.2 Å². The molecular formula is C33H27N3. The Morgan fingerprint density at radius 1 is 1.03 bits per heavy atom. The van der Waals surface area contributed by atoms with Gasteiger partial charge in [0, 0.05) is 11.6 Å². The van der Waals surface area contributed by atoms with E-state index >= 15 is 0 Å². The monoisotopic (exact) mass is 465 g/mol. The van der Waals surface area contributed by atoms with Crippen LogP contribution in [-0.4, -0.2) is 18.4 Å². The zero-order valence-corrected chi connectivity index (χ0v) is 20.5. The van der Waals surface area contributed by atoms with Gasteiger partial charge in [-0.15, -0.1) is 0 Å². The van der Waals surface area contributed by atoms with Crippen LogP contribution in [0.15, 0.2) is 90.0 Å². The van der Waals surface area contributed by atoms with Crippen molar-refractivity contribution < 1.29 is 0 Å². The average Bonchev–Trinajstić information content (AvgIpc) is 3.08. The maximum absolute atomic E-state index is 4.38. The molecule has 1 heterocycles. The number of hydrogen-bond donors (Lipinski definition) is 1. The zero-order chi connectivity index (χ0) is 24.2.